The van der Waals surface area contributed by atoms with Crippen LogP contribution in [0, 0.1) is 11.3 Å². The van der Waals surface area contributed by atoms with E-state index in [-0.39, 0.29) is 0 Å². The van der Waals surface area contributed by atoms with E-state index >= 15 is 0 Å². The Morgan fingerprint density at radius 2 is 2.13 bits per heavy atom. The van der Waals surface area contributed by atoms with Crippen LogP contribution in [0.1, 0.15) is 26.2 Å². The van der Waals surface area contributed by atoms with Crippen molar-refractivity contribution in [1.82, 2.24) is 5.32 Å². The third-order valence-corrected chi connectivity index (χ3v) is 2.16. The maximum atomic E-state index is 8.54. The van der Waals surface area contributed by atoms with Gasteiger partial charge in [-0.1, -0.05) is 6.92 Å². The van der Waals surface area contributed by atoms with Gasteiger partial charge in [-0.25, -0.2) is 0 Å². The Bertz CT molecular complexity index is 168. The number of rotatable bonds is 10. The van der Waals surface area contributed by atoms with Gasteiger partial charge in [0.1, 0.15) is 0 Å². The summed E-state index contributed by atoms with van der Waals surface area (Å²) in [7, 11) is 1.67. The van der Waals surface area contributed by atoms with Crippen LogP contribution in [-0.4, -0.2) is 39.5 Å². The lowest BCUT2D eigenvalue weighted by Crippen LogP contribution is -2.29. The van der Waals surface area contributed by atoms with Gasteiger partial charge in [-0.15, -0.1) is 0 Å². The summed E-state index contributed by atoms with van der Waals surface area (Å²) in [4.78, 5) is 0. The minimum Gasteiger partial charge on any atom is -0.382 e. The predicted molar refractivity (Wildman–Crippen MR) is 59.6 cm³/mol. The highest BCUT2D eigenvalue weighted by molar-refractivity contribution is 4.79. The van der Waals surface area contributed by atoms with Gasteiger partial charge < -0.3 is 14.8 Å². The van der Waals surface area contributed by atoms with Crippen LogP contribution in [0.25, 0.3) is 0 Å². The lowest BCUT2D eigenvalue weighted by atomic mass is 10.1. The van der Waals surface area contributed by atoms with Gasteiger partial charge in [-0.05, 0) is 19.4 Å². The van der Waals surface area contributed by atoms with Gasteiger partial charge in [0.05, 0.1) is 25.7 Å². The van der Waals surface area contributed by atoms with Gasteiger partial charge in [0, 0.05) is 19.8 Å². The molecular weight excluding hydrogens is 192 g/mol. The van der Waals surface area contributed by atoms with E-state index in [0.29, 0.717) is 25.7 Å². The Kier molecular flexibility index (Phi) is 11.0. The van der Waals surface area contributed by atoms with Crippen LogP contribution < -0.4 is 5.32 Å². The summed E-state index contributed by atoms with van der Waals surface area (Å²) < 4.78 is 10.2. The van der Waals surface area contributed by atoms with Gasteiger partial charge in [-0.2, -0.15) is 5.26 Å². The average molecular weight is 214 g/mol. The fraction of sp³-hybridized carbons (Fsp3) is 0.909. The SMILES string of the molecule is CCC(CC#N)NCCCOCCOC. The molecule has 15 heavy (non-hydrogen) atoms. The number of nitrogens with zero attached hydrogens (tertiary/aromatic N) is 1. The number of nitrogens with one attached hydrogen (secondary N) is 1. The monoisotopic (exact) mass is 214 g/mol. The van der Waals surface area contributed by atoms with Crippen molar-refractivity contribution in [2.45, 2.75) is 32.2 Å². The first-order valence-corrected chi connectivity index (χ1v) is 5.52. The standard InChI is InChI=1S/C11H22N2O2/c1-3-11(5-6-12)13-7-4-8-15-10-9-14-2/h11,13H,3-5,7-10H2,1-2H3. The zero-order chi connectivity index (χ0) is 11.4. The minimum absolute atomic E-state index is 0.328. The van der Waals surface area contributed by atoms with Gasteiger partial charge in [-0.3, -0.25) is 0 Å². The summed E-state index contributed by atoms with van der Waals surface area (Å²) in [5, 5.41) is 11.9. The van der Waals surface area contributed by atoms with E-state index < -0.39 is 0 Å². The molecule has 0 saturated carbocycles. The first-order chi connectivity index (χ1) is 7.35. The third-order valence-electron chi connectivity index (χ3n) is 2.16. The molecule has 0 rings (SSSR count). The van der Waals surface area contributed by atoms with Crippen LogP contribution in [-0.2, 0) is 9.47 Å². The molecule has 0 amide bonds. The molecule has 4 heteroatoms. The molecule has 0 spiro atoms. The Morgan fingerprint density at radius 1 is 1.33 bits per heavy atom. The maximum Gasteiger partial charge on any atom is 0.0700 e. The molecule has 0 aliphatic carbocycles. The Labute approximate surface area is 92.6 Å². The van der Waals surface area contributed by atoms with Gasteiger partial charge in [0.25, 0.3) is 0 Å². The molecule has 0 aliphatic rings. The first kappa shape index (κ1) is 14.4. The zero-order valence-corrected chi connectivity index (χ0v) is 9.79. The molecule has 0 aliphatic heterocycles. The number of methoxy groups -OCH3 is 1. The number of ether oxygens (including phenoxy) is 2. The van der Waals surface area contributed by atoms with Gasteiger partial charge in [0.15, 0.2) is 0 Å². The zero-order valence-electron chi connectivity index (χ0n) is 9.79. The van der Waals surface area contributed by atoms with Crippen molar-refractivity contribution in [1.29, 1.82) is 5.26 Å². The van der Waals surface area contributed by atoms with Crippen LogP contribution in [0.5, 0.6) is 0 Å². The van der Waals surface area contributed by atoms with E-state index in [4.69, 9.17) is 14.7 Å². The molecule has 0 bridgehead atoms. The highest BCUT2D eigenvalue weighted by Crippen LogP contribution is 1.95. The van der Waals surface area contributed by atoms with Crippen molar-refractivity contribution in [3.63, 3.8) is 0 Å². The van der Waals surface area contributed by atoms with Crippen LogP contribution in [0.4, 0.5) is 0 Å². The quantitative estimate of drug-likeness (QED) is 0.557. The second-order valence-corrected chi connectivity index (χ2v) is 3.38. The predicted octanol–water partition coefficient (Wildman–Crippen LogP) is 1.32. The molecule has 0 aromatic heterocycles. The lowest BCUT2D eigenvalue weighted by molar-refractivity contribution is 0.0692. The topological polar surface area (TPSA) is 54.3 Å². The van der Waals surface area contributed by atoms with Gasteiger partial charge >= 0.3 is 0 Å². The van der Waals surface area contributed by atoms with E-state index in [1.165, 1.54) is 0 Å². The van der Waals surface area contributed by atoms with E-state index in [2.05, 4.69) is 18.3 Å². The molecule has 1 N–H and O–H groups in total. The van der Waals surface area contributed by atoms with Crippen LogP contribution in [0.2, 0.25) is 0 Å². The number of hydrogen-bond donors (Lipinski definition) is 1. The molecule has 0 fully saturated rings. The van der Waals surface area contributed by atoms with Crippen molar-refractivity contribution in [2.75, 3.05) is 33.5 Å². The molecule has 0 saturated heterocycles. The van der Waals surface area contributed by atoms with Crippen LogP contribution in [0.3, 0.4) is 0 Å². The molecule has 88 valence electrons. The molecule has 4 nitrogen and oxygen atoms in total. The normalized spacial score (nSPS) is 12.3. The molecule has 1 atom stereocenters. The summed E-state index contributed by atoms with van der Waals surface area (Å²) in [5.74, 6) is 0. The summed E-state index contributed by atoms with van der Waals surface area (Å²) >= 11 is 0. The van der Waals surface area contributed by atoms with E-state index in [0.717, 1.165) is 26.0 Å². The first-order valence-electron chi connectivity index (χ1n) is 5.52. The van der Waals surface area contributed by atoms with Crippen molar-refractivity contribution < 1.29 is 9.47 Å². The number of hydrogen-bond acceptors (Lipinski definition) is 4. The average Bonchev–Trinajstić information content (AvgIpc) is 2.26. The molecule has 0 aromatic rings. The van der Waals surface area contributed by atoms with Crippen molar-refractivity contribution in [3.8, 4) is 6.07 Å². The van der Waals surface area contributed by atoms with Gasteiger partial charge in [0.2, 0.25) is 0 Å². The molecule has 0 radical (unpaired) electrons. The fourth-order valence-electron chi connectivity index (χ4n) is 1.20. The van der Waals surface area contributed by atoms with Crippen LogP contribution >= 0.6 is 0 Å². The summed E-state index contributed by atoms with van der Waals surface area (Å²) in [6.07, 6.45) is 2.56. The summed E-state index contributed by atoms with van der Waals surface area (Å²) in [6, 6.07) is 2.50. The Morgan fingerprint density at radius 3 is 2.73 bits per heavy atom. The Balaban J connectivity index is 3.18. The largest absolute Gasteiger partial charge is 0.382 e. The maximum absolute atomic E-state index is 8.54. The second-order valence-electron chi connectivity index (χ2n) is 3.38. The van der Waals surface area contributed by atoms with E-state index in [1.54, 1.807) is 7.11 Å². The van der Waals surface area contributed by atoms with E-state index in [9.17, 15) is 0 Å². The molecular formula is C11H22N2O2. The fourth-order valence-corrected chi connectivity index (χ4v) is 1.20. The Hall–Kier alpha value is -0.630. The smallest absolute Gasteiger partial charge is 0.0700 e. The molecule has 1 unspecified atom stereocenters. The van der Waals surface area contributed by atoms with Crippen molar-refractivity contribution in [3.05, 3.63) is 0 Å². The second kappa shape index (κ2) is 11.4. The minimum atomic E-state index is 0.328. The lowest BCUT2D eigenvalue weighted by Gasteiger charge is -2.13. The highest BCUT2D eigenvalue weighted by Gasteiger charge is 2.02. The van der Waals surface area contributed by atoms with E-state index in [1.807, 2.05) is 0 Å². The van der Waals surface area contributed by atoms with Crippen LogP contribution in [0.15, 0.2) is 0 Å². The van der Waals surface area contributed by atoms with Crippen molar-refractivity contribution >= 4 is 0 Å². The molecule has 0 aromatic carbocycles. The third kappa shape index (κ3) is 9.67. The summed E-state index contributed by atoms with van der Waals surface area (Å²) in [6.45, 7) is 5.06. The molecule has 0 heterocycles. The highest BCUT2D eigenvalue weighted by atomic mass is 16.5. The summed E-state index contributed by atoms with van der Waals surface area (Å²) in [5.41, 5.74) is 0. The van der Waals surface area contributed by atoms with Crippen molar-refractivity contribution in [2.24, 2.45) is 0 Å². The number of nitriles is 1.